The number of carbonyl (C=O) groups excluding carboxylic acids is 1. The zero-order chi connectivity index (χ0) is 23.0. The normalized spacial score (nSPS) is 18.6. The van der Waals surface area contributed by atoms with Gasteiger partial charge in [0.25, 0.3) is 5.91 Å². The van der Waals surface area contributed by atoms with Crippen LogP contribution in [-0.2, 0) is 14.8 Å². The van der Waals surface area contributed by atoms with Gasteiger partial charge < -0.3 is 14.6 Å². The van der Waals surface area contributed by atoms with E-state index < -0.39 is 10.0 Å². The summed E-state index contributed by atoms with van der Waals surface area (Å²) < 4.78 is 34.3. The number of imidazole rings is 1. The highest BCUT2D eigenvalue weighted by Crippen LogP contribution is 2.26. The fraction of sp³-hybridized carbons (Fsp3) is 0.391. The molecule has 33 heavy (non-hydrogen) atoms. The number of nitrogens with one attached hydrogen (secondary N) is 1. The minimum Gasteiger partial charge on any atom is -0.379 e. The number of amides is 1. The standard InChI is InChI=1S/C23H26N4O5S/c28-22(17-4-3-5-19(16-17)33(30,31)26-12-14-32-15-13-26)25-10-8-18(9-11-25)27-21-7-2-1-6-20(21)24-23(27)29/h1-7,16,18H,8-15H2,(H,24,29). The number of para-hydroxylation sites is 2. The molecule has 1 amide bonds. The Morgan fingerprint density at radius 3 is 2.45 bits per heavy atom. The number of aromatic amines is 1. The molecule has 3 heterocycles. The molecule has 2 aromatic carbocycles. The predicted octanol–water partition coefficient (Wildman–Crippen LogP) is 1.83. The van der Waals surface area contributed by atoms with Crippen molar-refractivity contribution in [2.75, 3.05) is 39.4 Å². The summed E-state index contributed by atoms with van der Waals surface area (Å²) in [6.07, 6.45) is 1.30. The minimum atomic E-state index is -3.67. The number of aromatic nitrogens is 2. The lowest BCUT2D eigenvalue weighted by Crippen LogP contribution is -2.41. The maximum absolute atomic E-state index is 13.2. The lowest BCUT2D eigenvalue weighted by molar-refractivity contribution is 0.0694. The molecular formula is C23H26N4O5S. The fourth-order valence-electron chi connectivity index (χ4n) is 4.67. The van der Waals surface area contributed by atoms with Crippen LogP contribution in [0.1, 0.15) is 29.2 Å². The number of hydrogen-bond donors (Lipinski definition) is 1. The zero-order valence-corrected chi connectivity index (χ0v) is 19.0. The Bertz CT molecular complexity index is 1330. The van der Waals surface area contributed by atoms with Gasteiger partial charge >= 0.3 is 5.69 Å². The molecule has 3 aromatic rings. The van der Waals surface area contributed by atoms with Gasteiger partial charge in [0.05, 0.1) is 29.1 Å². The van der Waals surface area contributed by atoms with Gasteiger partial charge in [-0.15, -0.1) is 0 Å². The fourth-order valence-corrected chi connectivity index (χ4v) is 6.13. The molecule has 0 radical (unpaired) electrons. The van der Waals surface area contributed by atoms with E-state index in [1.54, 1.807) is 21.6 Å². The van der Waals surface area contributed by atoms with Crippen LogP contribution in [0.25, 0.3) is 11.0 Å². The van der Waals surface area contributed by atoms with Crippen molar-refractivity contribution in [3.63, 3.8) is 0 Å². The first-order valence-corrected chi connectivity index (χ1v) is 12.6. The largest absolute Gasteiger partial charge is 0.379 e. The predicted molar refractivity (Wildman–Crippen MR) is 123 cm³/mol. The molecule has 1 aromatic heterocycles. The summed E-state index contributed by atoms with van der Waals surface area (Å²) >= 11 is 0. The second kappa shape index (κ2) is 8.77. The second-order valence-electron chi connectivity index (χ2n) is 8.38. The highest BCUT2D eigenvalue weighted by molar-refractivity contribution is 7.89. The number of hydrogen-bond acceptors (Lipinski definition) is 5. The molecule has 0 unspecified atom stereocenters. The van der Waals surface area contributed by atoms with Crippen LogP contribution in [0, 0.1) is 0 Å². The van der Waals surface area contributed by atoms with Crippen LogP contribution in [0.2, 0.25) is 0 Å². The van der Waals surface area contributed by atoms with Crippen LogP contribution in [-0.4, -0.2) is 72.5 Å². The Kier molecular flexibility index (Phi) is 5.81. The first-order valence-electron chi connectivity index (χ1n) is 11.1. The molecule has 0 saturated carbocycles. The molecule has 2 aliphatic rings. The first-order chi connectivity index (χ1) is 15.9. The monoisotopic (exact) mass is 470 g/mol. The van der Waals surface area contributed by atoms with Crippen LogP contribution in [0.4, 0.5) is 0 Å². The molecule has 0 bridgehead atoms. The van der Waals surface area contributed by atoms with E-state index in [9.17, 15) is 18.0 Å². The van der Waals surface area contributed by atoms with Gasteiger partial charge in [-0.3, -0.25) is 9.36 Å². The van der Waals surface area contributed by atoms with Crippen molar-refractivity contribution in [2.24, 2.45) is 0 Å². The molecule has 9 nitrogen and oxygen atoms in total. The topological polar surface area (TPSA) is 105 Å². The number of fused-ring (bicyclic) bond motifs is 1. The number of H-pyrrole nitrogens is 1. The third-order valence-electron chi connectivity index (χ3n) is 6.43. The van der Waals surface area contributed by atoms with Crippen LogP contribution in [0.15, 0.2) is 58.2 Å². The number of sulfonamides is 1. The molecule has 0 spiro atoms. The van der Waals surface area contributed by atoms with Gasteiger partial charge in [-0.1, -0.05) is 18.2 Å². The van der Waals surface area contributed by atoms with Crippen molar-refractivity contribution in [3.05, 3.63) is 64.6 Å². The number of nitrogens with zero attached hydrogens (tertiary/aromatic N) is 3. The SMILES string of the molecule is O=C(c1cccc(S(=O)(=O)N2CCOCC2)c1)N1CCC(n2c(=O)[nH]c3ccccc32)CC1. The van der Waals surface area contributed by atoms with Gasteiger partial charge in [0.1, 0.15) is 0 Å². The summed E-state index contributed by atoms with van der Waals surface area (Å²) in [4.78, 5) is 30.4. The molecule has 2 aliphatic heterocycles. The average Bonchev–Trinajstić information content (AvgIpc) is 3.20. The van der Waals surface area contributed by atoms with Gasteiger partial charge in [-0.25, -0.2) is 13.2 Å². The highest BCUT2D eigenvalue weighted by atomic mass is 32.2. The minimum absolute atomic E-state index is 0.00531. The summed E-state index contributed by atoms with van der Waals surface area (Å²) in [6.45, 7) is 2.34. The Morgan fingerprint density at radius 1 is 0.970 bits per heavy atom. The smallest absolute Gasteiger partial charge is 0.326 e. The van der Waals surface area contributed by atoms with Crippen LogP contribution in [0.5, 0.6) is 0 Å². The number of piperidine rings is 1. The molecule has 0 aliphatic carbocycles. The molecular weight excluding hydrogens is 444 g/mol. The van der Waals surface area contributed by atoms with Crippen molar-refractivity contribution in [1.82, 2.24) is 18.8 Å². The molecule has 5 rings (SSSR count). The molecule has 10 heteroatoms. The number of ether oxygens (including phenoxy) is 1. The molecule has 0 atom stereocenters. The second-order valence-corrected chi connectivity index (χ2v) is 10.3. The van der Waals surface area contributed by atoms with Gasteiger partial charge in [-0.2, -0.15) is 4.31 Å². The van der Waals surface area contributed by atoms with E-state index in [0.29, 0.717) is 57.8 Å². The van der Waals surface area contributed by atoms with Crippen LogP contribution >= 0.6 is 0 Å². The van der Waals surface area contributed by atoms with E-state index in [-0.39, 0.29) is 22.5 Å². The third kappa shape index (κ3) is 4.09. The third-order valence-corrected chi connectivity index (χ3v) is 8.32. The Labute approximate surface area is 191 Å². The van der Waals surface area contributed by atoms with Gasteiger partial charge in [-0.05, 0) is 43.2 Å². The van der Waals surface area contributed by atoms with Crippen LogP contribution in [0.3, 0.4) is 0 Å². The summed E-state index contributed by atoms with van der Waals surface area (Å²) in [5.74, 6) is -0.196. The van der Waals surface area contributed by atoms with Gasteiger partial charge in [0.2, 0.25) is 10.0 Å². The molecule has 174 valence electrons. The van der Waals surface area contributed by atoms with E-state index in [2.05, 4.69) is 4.98 Å². The molecule has 1 N–H and O–H groups in total. The average molecular weight is 471 g/mol. The molecule has 2 saturated heterocycles. The van der Waals surface area contributed by atoms with Crippen molar-refractivity contribution in [3.8, 4) is 0 Å². The van der Waals surface area contributed by atoms with E-state index in [1.807, 2.05) is 24.3 Å². The van der Waals surface area contributed by atoms with Crippen molar-refractivity contribution < 1.29 is 17.9 Å². The number of carbonyl (C=O) groups is 1. The number of likely N-dealkylation sites (tertiary alicyclic amines) is 1. The van der Waals surface area contributed by atoms with Gasteiger partial charge in [0.15, 0.2) is 0 Å². The number of morpholine rings is 1. The van der Waals surface area contributed by atoms with E-state index in [0.717, 1.165) is 11.0 Å². The summed E-state index contributed by atoms with van der Waals surface area (Å²) in [7, 11) is -3.67. The Balaban J connectivity index is 1.31. The summed E-state index contributed by atoms with van der Waals surface area (Å²) in [5, 5.41) is 0. The van der Waals surface area contributed by atoms with E-state index >= 15 is 0 Å². The highest BCUT2D eigenvalue weighted by Gasteiger charge is 2.29. The van der Waals surface area contributed by atoms with E-state index in [4.69, 9.17) is 4.74 Å². The zero-order valence-electron chi connectivity index (χ0n) is 18.1. The Morgan fingerprint density at radius 2 is 1.70 bits per heavy atom. The number of rotatable bonds is 4. The molecule has 2 fully saturated rings. The van der Waals surface area contributed by atoms with Crippen LogP contribution < -0.4 is 5.69 Å². The lowest BCUT2D eigenvalue weighted by Gasteiger charge is -2.32. The van der Waals surface area contributed by atoms with Crippen molar-refractivity contribution in [2.45, 2.75) is 23.8 Å². The quantitative estimate of drug-likeness (QED) is 0.626. The first kappa shape index (κ1) is 21.9. The van der Waals surface area contributed by atoms with Crippen molar-refractivity contribution >= 4 is 27.0 Å². The van der Waals surface area contributed by atoms with Gasteiger partial charge in [0, 0.05) is 37.8 Å². The lowest BCUT2D eigenvalue weighted by atomic mass is 10.0. The maximum atomic E-state index is 13.2. The summed E-state index contributed by atoms with van der Waals surface area (Å²) in [6, 6.07) is 13.8. The number of benzene rings is 2. The summed E-state index contributed by atoms with van der Waals surface area (Å²) in [5.41, 5.74) is 1.89. The Hall–Kier alpha value is -2.95. The maximum Gasteiger partial charge on any atom is 0.326 e. The van der Waals surface area contributed by atoms with E-state index in [1.165, 1.54) is 16.4 Å². The van der Waals surface area contributed by atoms with Crippen molar-refractivity contribution in [1.29, 1.82) is 0 Å².